The minimum absolute atomic E-state index is 0.00313. The zero-order chi connectivity index (χ0) is 15.2. The summed E-state index contributed by atoms with van der Waals surface area (Å²) in [6.45, 7) is 7.22. The fourth-order valence-corrected chi connectivity index (χ4v) is 4.71. The van der Waals surface area contributed by atoms with E-state index in [0.29, 0.717) is 6.10 Å². The van der Waals surface area contributed by atoms with Crippen LogP contribution in [-0.2, 0) is 4.74 Å². The molecule has 22 heavy (non-hydrogen) atoms. The smallest absolute Gasteiger partial charge is 0.144 e. The van der Waals surface area contributed by atoms with E-state index in [2.05, 4.69) is 19.8 Å². The molecule has 4 aliphatic rings. The van der Waals surface area contributed by atoms with Crippen LogP contribution in [0, 0.1) is 0 Å². The maximum absolute atomic E-state index is 9.87. The normalized spacial score (nSPS) is 37.4. The van der Waals surface area contributed by atoms with Gasteiger partial charge in [-0.15, -0.1) is 0 Å². The van der Waals surface area contributed by atoms with Crippen molar-refractivity contribution in [2.45, 2.75) is 50.1 Å². The molecule has 4 aliphatic heterocycles. The molecule has 0 radical (unpaired) electrons. The van der Waals surface area contributed by atoms with E-state index < -0.39 is 0 Å². The van der Waals surface area contributed by atoms with Crippen molar-refractivity contribution in [3.63, 3.8) is 0 Å². The monoisotopic (exact) mass is 310 g/mol. The number of ether oxygens (including phenoxy) is 1. The molecule has 1 N–H and O–H groups in total. The minimum atomic E-state index is -0.140. The number of aliphatic hydroxyl groups excluding tert-OH is 1. The summed E-state index contributed by atoms with van der Waals surface area (Å²) < 4.78 is 5.52. The first-order chi connectivity index (χ1) is 10.7. The van der Waals surface area contributed by atoms with Crippen molar-refractivity contribution in [1.29, 1.82) is 0 Å². The van der Waals surface area contributed by atoms with Gasteiger partial charge in [-0.1, -0.05) is 0 Å². The molecule has 4 fully saturated rings. The van der Waals surface area contributed by atoms with Crippen LogP contribution in [-0.4, -0.2) is 95.8 Å². The van der Waals surface area contributed by atoms with E-state index in [4.69, 9.17) is 4.74 Å². The number of rotatable bonds is 4. The number of hydrogen-bond donors (Lipinski definition) is 1. The Balaban J connectivity index is 1.59. The number of β-amino-alcohol motifs (C(OH)–C–C–N with tert-alkyl or cyclic N) is 1. The molecule has 4 heterocycles. The summed E-state index contributed by atoms with van der Waals surface area (Å²) in [4.78, 5) is 5.12. The van der Waals surface area contributed by atoms with Crippen LogP contribution in [0.4, 0.5) is 0 Å². The first-order valence-electron chi connectivity index (χ1n) is 8.97. The Kier molecular flexibility index (Phi) is 4.17. The van der Waals surface area contributed by atoms with Crippen LogP contribution in [0.25, 0.3) is 0 Å². The average Bonchev–Trinajstić information content (AvgIpc) is 2.97. The van der Waals surface area contributed by atoms with Crippen molar-refractivity contribution < 1.29 is 9.84 Å². The predicted octanol–water partition coefficient (Wildman–Crippen LogP) is 0.144. The summed E-state index contributed by atoms with van der Waals surface area (Å²) in [6.07, 6.45) is 6.63. The van der Waals surface area contributed by atoms with Crippen molar-refractivity contribution in [1.82, 2.24) is 19.8 Å². The van der Waals surface area contributed by atoms with E-state index in [1.54, 1.807) is 0 Å². The van der Waals surface area contributed by atoms with E-state index in [9.17, 15) is 5.11 Å². The van der Waals surface area contributed by atoms with Gasteiger partial charge < -0.3 is 9.84 Å². The van der Waals surface area contributed by atoms with E-state index in [0.717, 1.165) is 32.7 Å². The Bertz CT molecular complexity index is 392. The summed E-state index contributed by atoms with van der Waals surface area (Å²) in [7, 11) is 1.82. The fraction of sp³-hybridized carbons (Fsp3) is 1.00. The molecule has 4 saturated heterocycles. The number of aliphatic hydroxyl groups is 1. The number of hydrazine groups is 1. The molecular weight excluding hydrogens is 280 g/mol. The highest BCUT2D eigenvalue weighted by atomic mass is 16.5. The maximum atomic E-state index is 9.87. The highest BCUT2D eigenvalue weighted by Gasteiger charge is 2.56. The third-order valence-corrected chi connectivity index (χ3v) is 6.03. The quantitative estimate of drug-likeness (QED) is 0.797. The number of nitrogens with zero attached hydrogens (tertiary/aromatic N) is 4. The van der Waals surface area contributed by atoms with Gasteiger partial charge in [0.05, 0.1) is 12.2 Å². The lowest BCUT2D eigenvalue weighted by molar-refractivity contribution is -0.310. The molecule has 4 rings (SSSR count). The number of piperidine rings is 1. The van der Waals surface area contributed by atoms with Gasteiger partial charge in [-0.05, 0) is 32.1 Å². The van der Waals surface area contributed by atoms with Crippen molar-refractivity contribution in [2.24, 2.45) is 0 Å². The molecule has 126 valence electrons. The molecule has 0 bridgehead atoms. The Labute approximate surface area is 133 Å². The molecular formula is C16H30N4O2. The third kappa shape index (κ3) is 2.32. The van der Waals surface area contributed by atoms with Crippen LogP contribution >= 0.6 is 0 Å². The Morgan fingerprint density at radius 1 is 0.909 bits per heavy atom. The second-order valence-electron chi connectivity index (χ2n) is 7.34. The van der Waals surface area contributed by atoms with Gasteiger partial charge >= 0.3 is 0 Å². The van der Waals surface area contributed by atoms with Crippen LogP contribution in [0.1, 0.15) is 32.1 Å². The second kappa shape index (κ2) is 6.00. The molecule has 6 heteroatoms. The van der Waals surface area contributed by atoms with Gasteiger partial charge in [0.15, 0.2) is 0 Å². The summed E-state index contributed by atoms with van der Waals surface area (Å²) in [5.41, 5.74) is 0. The average molecular weight is 310 g/mol. The molecule has 1 unspecified atom stereocenters. The van der Waals surface area contributed by atoms with E-state index in [1.807, 2.05) is 7.11 Å². The molecule has 1 atom stereocenters. The first-order valence-corrected chi connectivity index (χ1v) is 8.97. The highest BCUT2D eigenvalue weighted by molar-refractivity contribution is 5.02. The lowest BCUT2D eigenvalue weighted by atomic mass is 9.93. The topological polar surface area (TPSA) is 42.4 Å². The molecule has 0 saturated carbocycles. The number of methoxy groups -OCH3 is 1. The summed E-state index contributed by atoms with van der Waals surface area (Å²) in [5.74, 6) is -0.00313. The van der Waals surface area contributed by atoms with E-state index >= 15 is 0 Å². The predicted molar refractivity (Wildman–Crippen MR) is 84.0 cm³/mol. The van der Waals surface area contributed by atoms with Crippen molar-refractivity contribution in [2.75, 3.05) is 52.9 Å². The zero-order valence-corrected chi connectivity index (χ0v) is 13.8. The molecule has 0 aromatic heterocycles. The van der Waals surface area contributed by atoms with E-state index in [1.165, 1.54) is 45.2 Å². The van der Waals surface area contributed by atoms with Crippen molar-refractivity contribution in [3.8, 4) is 0 Å². The van der Waals surface area contributed by atoms with E-state index in [-0.39, 0.29) is 11.9 Å². The van der Waals surface area contributed by atoms with Gasteiger partial charge in [-0.2, -0.15) is 0 Å². The summed E-state index contributed by atoms with van der Waals surface area (Å²) in [5, 5.41) is 15.1. The molecule has 0 aromatic carbocycles. The van der Waals surface area contributed by atoms with Gasteiger partial charge in [0.1, 0.15) is 5.79 Å². The molecule has 0 amide bonds. The minimum Gasteiger partial charge on any atom is -0.390 e. The fourth-order valence-electron chi connectivity index (χ4n) is 4.71. The molecule has 0 aromatic rings. The SMILES string of the molecule is COC1CN(C2(N3CC(O)C3)CCCCN2N2CCCC2)C1. The Morgan fingerprint density at radius 3 is 2.18 bits per heavy atom. The lowest BCUT2D eigenvalue weighted by Gasteiger charge is -2.66. The lowest BCUT2D eigenvalue weighted by Crippen LogP contribution is -2.82. The Hall–Kier alpha value is -0.240. The van der Waals surface area contributed by atoms with Gasteiger partial charge in [-0.25, -0.2) is 10.0 Å². The van der Waals surface area contributed by atoms with Crippen LogP contribution < -0.4 is 0 Å². The first kappa shape index (κ1) is 15.3. The molecule has 0 aliphatic carbocycles. The Morgan fingerprint density at radius 2 is 1.55 bits per heavy atom. The highest BCUT2D eigenvalue weighted by Crippen LogP contribution is 2.42. The van der Waals surface area contributed by atoms with Crippen LogP contribution in [0.15, 0.2) is 0 Å². The van der Waals surface area contributed by atoms with Crippen LogP contribution in [0.5, 0.6) is 0 Å². The summed E-state index contributed by atoms with van der Waals surface area (Å²) in [6, 6.07) is 0. The van der Waals surface area contributed by atoms with Gasteiger partial charge in [0, 0.05) is 52.9 Å². The van der Waals surface area contributed by atoms with Crippen LogP contribution in [0.2, 0.25) is 0 Å². The van der Waals surface area contributed by atoms with Gasteiger partial charge in [0.25, 0.3) is 0 Å². The van der Waals surface area contributed by atoms with Crippen LogP contribution in [0.3, 0.4) is 0 Å². The van der Waals surface area contributed by atoms with Crippen molar-refractivity contribution in [3.05, 3.63) is 0 Å². The number of hydrogen-bond acceptors (Lipinski definition) is 6. The van der Waals surface area contributed by atoms with Gasteiger partial charge in [0.2, 0.25) is 0 Å². The van der Waals surface area contributed by atoms with Crippen molar-refractivity contribution >= 4 is 0 Å². The molecule has 0 spiro atoms. The summed E-state index contributed by atoms with van der Waals surface area (Å²) >= 11 is 0. The zero-order valence-electron chi connectivity index (χ0n) is 13.8. The largest absolute Gasteiger partial charge is 0.390 e. The maximum Gasteiger partial charge on any atom is 0.144 e. The molecule has 6 nitrogen and oxygen atoms in total. The third-order valence-electron chi connectivity index (χ3n) is 6.03. The number of likely N-dealkylation sites (tertiary alicyclic amines) is 2. The second-order valence-corrected chi connectivity index (χ2v) is 7.34. The standard InChI is InChI=1S/C16H30N4O2/c1-22-15-12-18(13-15)16(17-10-14(21)11-17)6-2-3-9-20(16)19-7-4-5-8-19/h14-15,21H,2-13H2,1H3. The van der Waals surface area contributed by atoms with Gasteiger partial charge in [-0.3, -0.25) is 9.80 Å².